The third kappa shape index (κ3) is 2.72. The van der Waals surface area contributed by atoms with Gasteiger partial charge in [0.15, 0.2) is 11.3 Å². The van der Waals surface area contributed by atoms with Crippen LogP contribution in [0.25, 0.3) is 64.8 Å². The Morgan fingerprint density at radius 1 is 1.00 bits per heavy atom. The van der Waals surface area contributed by atoms with E-state index in [1.54, 1.807) is 35.6 Å². The summed E-state index contributed by atoms with van der Waals surface area (Å²) in [7, 11) is 0. The first kappa shape index (κ1) is 19.1. The first-order valence-corrected chi connectivity index (χ1v) is 11.6. The van der Waals surface area contributed by atoms with Gasteiger partial charge >= 0.3 is 0 Å². The Hall–Kier alpha value is -4.44. The van der Waals surface area contributed by atoms with E-state index in [1.807, 2.05) is 31.2 Å². The van der Waals surface area contributed by atoms with Crippen molar-refractivity contribution < 1.29 is 4.79 Å². The Bertz CT molecular complexity index is 1940. The fourth-order valence-electron chi connectivity index (χ4n) is 4.31. The Morgan fingerprint density at radius 2 is 1.88 bits per heavy atom. The van der Waals surface area contributed by atoms with E-state index in [0.717, 1.165) is 42.5 Å². The number of pyridine rings is 3. The molecule has 0 amide bonds. The van der Waals surface area contributed by atoms with Crippen LogP contribution in [0.5, 0.6) is 0 Å². The van der Waals surface area contributed by atoms with Crippen LogP contribution in [0.1, 0.15) is 18.1 Å². The summed E-state index contributed by atoms with van der Waals surface area (Å²) in [5, 5.41) is 8.89. The van der Waals surface area contributed by atoms with Crippen molar-refractivity contribution in [1.82, 2.24) is 39.7 Å². The maximum atomic E-state index is 13.1. The van der Waals surface area contributed by atoms with Gasteiger partial charge in [-0.2, -0.15) is 0 Å². The van der Waals surface area contributed by atoms with Gasteiger partial charge in [0.1, 0.15) is 21.6 Å². The Balaban J connectivity index is 1.76. The molecule has 5 aromatic heterocycles. The normalized spacial score (nSPS) is 11.9. The lowest BCUT2D eigenvalue weighted by atomic mass is 10.1. The second-order valence-corrected chi connectivity index (χ2v) is 9.06. The van der Waals surface area contributed by atoms with E-state index in [4.69, 9.17) is 9.97 Å². The van der Waals surface area contributed by atoms with Crippen molar-refractivity contribution in [2.24, 2.45) is 0 Å². The highest BCUT2D eigenvalue weighted by Crippen LogP contribution is 2.32. The molecule has 7 rings (SSSR count). The molecule has 0 saturated carbocycles. The van der Waals surface area contributed by atoms with Gasteiger partial charge in [-0.25, -0.2) is 15.0 Å². The van der Waals surface area contributed by atoms with Crippen molar-refractivity contribution >= 4 is 70.8 Å². The SMILES string of the molecule is CCC(=O)n1c2cncc(c2)c2cnc3[nH][nH]c(c4nc5cncc(c6ccc1s6)c5n4)-c3c2. The summed E-state index contributed by atoms with van der Waals surface area (Å²) in [4.78, 5) is 36.9. The van der Waals surface area contributed by atoms with Crippen molar-refractivity contribution in [1.29, 1.82) is 0 Å². The number of aromatic nitrogens is 8. The van der Waals surface area contributed by atoms with Gasteiger partial charge < -0.3 is 0 Å². The highest BCUT2D eigenvalue weighted by molar-refractivity contribution is 7.24. The number of carbonyl (C=O) groups is 1. The van der Waals surface area contributed by atoms with E-state index in [-0.39, 0.29) is 5.91 Å². The van der Waals surface area contributed by atoms with Crippen LogP contribution in [0.3, 0.4) is 0 Å². The number of nitrogens with one attached hydrogen (secondary N) is 2. The molecule has 0 atom stereocenters. The first-order chi connectivity index (χ1) is 16.7. The highest BCUT2D eigenvalue weighted by Gasteiger charge is 2.16. The molecule has 0 aliphatic carbocycles. The van der Waals surface area contributed by atoms with E-state index in [0.29, 0.717) is 28.7 Å². The molecular formula is C24H16N8OS. The number of aromatic amines is 2. The zero-order valence-electron chi connectivity index (χ0n) is 17.9. The molecule has 8 bridgehead atoms. The molecule has 0 saturated heterocycles. The summed E-state index contributed by atoms with van der Waals surface area (Å²) >= 11 is 1.51. The van der Waals surface area contributed by atoms with Crippen LogP contribution in [0.15, 0.2) is 55.2 Å². The van der Waals surface area contributed by atoms with Gasteiger partial charge in [0.05, 0.1) is 17.9 Å². The average molecular weight is 465 g/mol. The number of thiophene rings is 1. The highest BCUT2D eigenvalue weighted by atomic mass is 32.1. The fraction of sp³-hybridized carbons (Fsp3) is 0.0833. The van der Waals surface area contributed by atoms with Crippen molar-refractivity contribution in [2.45, 2.75) is 13.3 Å². The molecule has 0 fully saturated rings. The average Bonchev–Trinajstić information content (AvgIpc) is 3.61. The monoisotopic (exact) mass is 464 g/mol. The van der Waals surface area contributed by atoms with Crippen molar-refractivity contribution in [2.75, 3.05) is 0 Å². The molecule has 0 aromatic carbocycles. The zero-order chi connectivity index (χ0) is 22.8. The van der Waals surface area contributed by atoms with Gasteiger partial charge in [-0.3, -0.25) is 29.5 Å². The van der Waals surface area contributed by atoms with Crippen molar-refractivity contribution in [3.05, 3.63) is 55.2 Å². The largest absolute Gasteiger partial charge is 0.295 e. The third-order valence-corrected chi connectivity index (χ3v) is 7.08. The quantitative estimate of drug-likeness (QED) is 0.344. The van der Waals surface area contributed by atoms with Gasteiger partial charge in [-0.1, -0.05) is 6.92 Å². The summed E-state index contributed by atoms with van der Waals surface area (Å²) in [5.41, 5.74) is 5.05. The molecule has 0 unspecified atom stereocenters. The van der Waals surface area contributed by atoms with Crippen LogP contribution >= 0.6 is 11.3 Å². The van der Waals surface area contributed by atoms with E-state index in [2.05, 4.69) is 25.1 Å². The Labute approximate surface area is 195 Å². The van der Waals surface area contributed by atoms with E-state index < -0.39 is 0 Å². The summed E-state index contributed by atoms with van der Waals surface area (Å²) in [6.07, 6.45) is 9.15. The minimum absolute atomic E-state index is 0.0144. The number of hydrogen-bond acceptors (Lipinski definition) is 7. The predicted molar refractivity (Wildman–Crippen MR) is 133 cm³/mol. The number of imidazole rings is 1. The van der Waals surface area contributed by atoms with Crippen LogP contribution in [0.2, 0.25) is 0 Å². The summed E-state index contributed by atoms with van der Waals surface area (Å²) in [6, 6.07) is 7.95. The topological polar surface area (TPSA) is 118 Å². The van der Waals surface area contributed by atoms with Crippen LogP contribution < -0.4 is 0 Å². The summed E-state index contributed by atoms with van der Waals surface area (Å²) < 4.78 is 2.68. The second-order valence-electron chi connectivity index (χ2n) is 8.00. The molecule has 0 radical (unpaired) electrons. The number of carbonyl (C=O) groups excluding carboxylic acids is 1. The molecule has 9 nitrogen and oxygen atoms in total. The zero-order valence-corrected chi connectivity index (χ0v) is 18.7. The number of H-pyrrole nitrogens is 2. The second kappa shape index (κ2) is 7.03. The first-order valence-electron chi connectivity index (χ1n) is 10.8. The van der Waals surface area contributed by atoms with Crippen LogP contribution in [0.4, 0.5) is 0 Å². The molecular weight excluding hydrogens is 448 g/mol. The predicted octanol–water partition coefficient (Wildman–Crippen LogP) is 5.23. The van der Waals surface area contributed by atoms with Crippen molar-refractivity contribution in [3.63, 3.8) is 0 Å². The fourth-order valence-corrected chi connectivity index (χ4v) is 5.37. The third-order valence-electron chi connectivity index (χ3n) is 5.97. The number of rotatable bonds is 1. The van der Waals surface area contributed by atoms with Gasteiger partial charge in [-0.15, -0.1) is 11.3 Å². The molecule has 0 spiro atoms. The lowest BCUT2D eigenvalue weighted by Crippen LogP contribution is -2.09. The molecule has 164 valence electrons. The van der Waals surface area contributed by atoms with Gasteiger partial charge in [-0.05, 0) is 24.3 Å². The molecule has 2 aliphatic rings. The smallest absolute Gasteiger partial charge is 0.231 e. The van der Waals surface area contributed by atoms with E-state index in [1.165, 1.54) is 11.3 Å². The van der Waals surface area contributed by atoms with Gasteiger partial charge in [0.2, 0.25) is 5.91 Å². The molecule has 2 aliphatic heterocycles. The molecule has 10 heteroatoms. The van der Waals surface area contributed by atoms with Crippen molar-refractivity contribution in [3.8, 4) is 11.3 Å². The number of hydrogen-bond donors (Lipinski definition) is 2. The molecule has 7 heterocycles. The van der Waals surface area contributed by atoms with Crippen LogP contribution in [-0.4, -0.2) is 45.6 Å². The molecule has 2 N–H and O–H groups in total. The molecule has 34 heavy (non-hydrogen) atoms. The Morgan fingerprint density at radius 3 is 2.79 bits per heavy atom. The number of fused-ring (bicyclic) bond motifs is 9. The molecule has 5 aromatic rings. The van der Waals surface area contributed by atoms with Crippen LogP contribution in [-0.2, 0) is 0 Å². The lowest BCUT2D eigenvalue weighted by Gasteiger charge is -2.06. The maximum Gasteiger partial charge on any atom is 0.231 e. The lowest BCUT2D eigenvalue weighted by molar-refractivity contribution is 0.0918. The minimum atomic E-state index is -0.0144. The maximum absolute atomic E-state index is 13.1. The standard InChI is InChI=1S/C24H16N8OS/c1-2-19(33)32-14-5-12(7-25-9-14)13-6-15-22(30-31-23(15)27-8-13)24-28-17-11-26-10-16(21(17)29-24)18-3-4-20(32)34-18/h3-11,30H,2H2,1H3,(H,27,31). The summed E-state index contributed by atoms with van der Waals surface area (Å²) in [5.74, 6) is -0.0144. The van der Waals surface area contributed by atoms with Crippen LogP contribution in [0, 0.1) is 0 Å². The number of nitrogens with zero attached hydrogens (tertiary/aromatic N) is 6. The minimum Gasteiger partial charge on any atom is -0.295 e. The Kier molecular flexibility index (Phi) is 3.94. The van der Waals surface area contributed by atoms with Gasteiger partial charge in [0, 0.05) is 51.4 Å². The summed E-state index contributed by atoms with van der Waals surface area (Å²) in [6.45, 7) is 1.86. The van der Waals surface area contributed by atoms with E-state index in [9.17, 15) is 4.79 Å². The van der Waals surface area contributed by atoms with E-state index >= 15 is 0 Å². The van der Waals surface area contributed by atoms with Gasteiger partial charge in [0.25, 0.3) is 0 Å².